The number of hydrogen-bond donors (Lipinski definition) is 2. The van der Waals surface area contributed by atoms with Crippen molar-refractivity contribution < 1.29 is 26.7 Å². The van der Waals surface area contributed by atoms with E-state index in [0.29, 0.717) is 28.0 Å². The topological polar surface area (TPSA) is 94.1 Å². The summed E-state index contributed by atoms with van der Waals surface area (Å²) in [6.45, 7) is -2.30. The lowest BCUT2D eigenvalue weighted by Gasteiger charge is -2.35. The number of ether oxygens (including phenoxy) is 1. The zero-order valence-corrected chi connectivity index (χ0v) is 21.9. The van der Waals surface area contributed by atoms with Crippen molar-refractivity contribution in [2.45, 2.75) is 25.2 Å². The van der Waals surface area contributed by atoms with E-state index in [1.165, 1.54) is 50.0 Å². The highest BCUT2D eigenvalue weighted by Crippen LogP contribution is 2.36. The molecule has 2 atom stereocenters. The Bertz CT molecular complexity index is 1490. The molecule has 0 bridgehead atoms. The number of rotatable bonds is 7. The van der Waals surface area contributed by atoms with Gasteiger partial charge in [-0.25, -0.2) is 27.8 Å². The summed E-state index contributed by atoms with van der Waals surface area (Å²) in [5.74, 6) is -0.920. The van der Waals surface area contributed by atoms with Crippen LogP contribution in [-0.2, 0) is 0 Å². The third-order valence-corrected chi connectivity index (χ3v) is 6.44. The van der Waals surface area contributed by atoms with Crippen molar-refractivity contribution in [3.05, 3.63) is 66.6 Å². The van der Waals surface area contributed by atoms with Crippen LogP contribution in [-0.4, -0.2) is 52.2 Å². The Labute approximate surface area is 232 Å². The van der Waals surface area contributed by atoms with Crippen molar-refractivity contribution in [3.63, 3.8) is 0 Å². The number of aromatic nitrogens is 4. The van der Waals surface area contributed by atoms with Gasteiger partial charge in [0.05, 0.1) is 24.9 Å². The summed E-state index contributed by atoms with van der Waals surface area (Å²) in [5, 5.41) is 6.67. The van der Waals surface area contributed by atoms with Gasteiger partial charge in [-0.1, -0.05) is 6.07 Å². The first-order chi connectivity index (χ1) is 18.7. The highest BCUT2D eigenvalue weighted by atomic mass is 35.5. The third kappa shape index (κ3) is 5.80. The van der Waals surface area contributed by atoms with Crippen LogP contribution >= 0.6 is 12.4 Å². The summed E-state index contributed by atoms with van der Waals surface area (Å²) in [6, 6.07) is 7.49. The minimum atomic E-state index is -2.82. The summed E-state index contributed by atoms with van der Waals surface area (Å²) in [6.07, 6.45) is 2.97. The Morgan fingerprint density at radius 1 is 1.10 bits per heavy atom. The molecule has 1 aromatic carbocycles. The van der Waals surface area contributed by atoms with Crippen LogP contribution in [0.2, 0.25) is 0 Å². The van der Waals surface area contributed by atoms with Crippen molar-refractivity contribution >= 4 is 29.7 Å². The van der Waals surface area contributed by atoms with Gasteiger partial charge in [-0.2, -0.15) is 13.9 Å². The first-order valence-corrected chi connectivity index (χ1v) is 12.0. The standard InChI is InChI=1S/C26H24F5N7O.ClH/c1-39-21-4-2-3-17(28)24(21)25-18(29)5-6-22(36-25)35-23-9-20(37-8-7-16(27)19(32)13-37)15(11-33-23)14-10-34-38(12-14)26(30)31;/h2-6,9-12,16,19,26H,7-8,13,32H2,1H3,(H,33,35,36);1H/t16-,19-;/m1./s1. The van der Waals surface area contributed by atoms with Gasteiger partial charge in [-0.3, -0.25) is 0 Å². The fourth-order valence-corrected chi connectivity index (χ4v) is 4.48. The first kappa shape index (κ1) is 29.0. The van der Waals surface area contributed by atoms with Crippen LogP contribution in [0.25, 0.3) is 22.4 Å². The van der Waals surface area contributed by atoms with Crippen LogP contribution in [0, 0.1) is 11.6 Å². The van der Waals surface area contributed by atoms with Gasteiger partial charge in [-0.05, 0) is 30.7 Å². The number of hydrogen-bond acceptors (Lipinski definition) is 7. The molecule has 0 aliphatic carbocycles. The molecule has 3 aromatic heterocycles. The summed E-state index contributed by atoms with van der Waals surface area (Å²) in [7, 11) is 1.34. The molecule has 5 rings (SSSR count). The van der Waals surface area contributed by atoms with Gasteiger partial charge < -0.3 is 20.7 Å². The minimum absolute atomic E-state index is 0. The van der Waals surface area contributed by atoms with E-state index in [9.17, 15) is 22.0 Å². The van der Waals surface area contributed by atoms with Crippen LogP contribution in [0.15, 0.2) is 55.0 Å². The lowest BCUT2D eigenvalue weighted by molar-refractivity contribution is 0.0566. The summed E-state index contributed by atoms with van der Waals surface area (Å²) >= 11 is 0. The SMILES string of the molecule is COc1cccc(F)c1-c1nc(Nc2cc(N3CC[C@@H](F)[C@H](N)C3)c(-c3cnn(C(F)F)c3)cn2)ccc1F.Cl. The smallest absolute Gasteiger partial charge is 0.333 e. The molecule has 0 unspecified atom stereocenters. The second-order valence-corrected chi connectivity index (χ2v) is 8.96. The normalized spacial score (nSPS) is 17.1. The Morgan fingerprint density at radius 2 is 1.90 bits per heavy atom. The molecule has 212 valence electrons. The lowest BCUT2D eigenvalue weighted by Crippen LogP contribution is -2.49. The fourth-order valence-electron chi connectivity index (χ4n) is 4.48. The second kappa shape index (κ2) is 12.0. The number of nitrogens with zero attached hydrogens (tertiary/aromatic N) is 5. The quantitative estimate of drug-likeness (QED) is 0.269. The maximum absolute atomic E-state index is 14.7. The van der Waals surface area contributed by atoms with Gasteiger partial charge in [0, 0.05) is 48.4 Å². The van der Waals surface area contributed by atoms with Gasteiger partial charge in [0.2, 0.25) is 0 Å². The molecule has 0 spiro atoms. The number of nitrogens with two attached hydrogens (primary N) is 1. The van der Waals surface area contributed by atoms with E-state index in [2.05, 4.69) is 20.4 Å². The summed E-state index contributed by atoms with van der Waals surface area (Å²) in [4.78, 5) is 10.5. The molecule has 40 heavy (non-hydrogen) atoms. The van der Waals surface area contributed by atoms with Gasteiger partial charge in [0.1, 0.15) is 40.9 Å². The molecule has 1 fully saturated rings. The van der Waals surface area contributed by atoms with E-state index in [1.54, 1.807) is 6.07 Å². The zero-order chi connectivity index (χ0) is 27.7. The predicted molar refractivity (Wildman–Crippen MR) is 143 cm³/mol. The monoisotopic (exact) mass is 581 g/mol. The number of alkyl halides is 3. The Kier molecular flexibility index (Phi) is 8.74. The number of benzene rings is 1. The molecule has 1 saturated heterocycles. The van der Waals surface area contributed by atoms with E-state index >= 15 is 0 Å². The van der Waals surface area contributed by atoms with Crippen LogP contribution in [0.3, 0.4) is 0 Å². The number of anilines is 3. The Morgan fingerprint density at radius 3 is 2.60 bits per heavy atom. The van der Waals surface area contributed by atoms with Crippen molar-refractivity contribution in [3.8, 4) is 28.1 Å². The van der Waals surface area contributed by atoms with E-state index in [1.807, 2.05) is 4.90 Å². The highest BCUT2D eigenvalue weighted by Gasteiger charge is 2.28. The molecule has 8 nitrogen and oxygen atoms in total. The van der Waals surface area contributed by atoms with Crippen molar-refractivity contribution in [1.82, 2.24) is 19.7 Å². The Hall–Kier alpha value is -3.97. The molecule has 3 N–H and O–H groups in total. The number of methoxy groups -OCH3 is 1. The average molecular weight is 582 g/mol. The Balaban J connectivity index is 0.00000370. The third-order valence-electron chi connectivity index (χ3n) is 6.44. The fraction of sp³-hybridized carbons (Fsp3) is 0.269. The molecule has 0 amide bonds. The van der Waals surface area contributed by atoms with E-state index < -0.39 is 30.4 Å². The largest absolute Gasteiger partial charge is 0.496 e. The zero-order valence-electron chi connectivity index (χ0n) is 21.1. The average Bonchev–Trinajstić information content (AvgIpc) is 3.42. The summed E-state index contributed by atoms with van der Waals surface area (Å²) in [5.41, 5.74) is 7.00. The first-order valence-electron chi connectivity index (χ1n) is 12.0. The lowest BCUT2D eigenvalue weighted by atomic mass is 10.0. The minimum Gasteiger partial charge on any atom is -0.496 e. The van der Waals surface area contributed by atoms with Gasteiger partial charge in [0.25, 0.3) is 0 Å². The van der Waals surface area contributed by atoms with Crippen LogP contribution in [0.5, 0.6) is 5.75 Å². The molecule has 1 aliphatic rings. The summed E-state index contributed by atoms with van der Waals surface area (Å²) < 4.78 is 75.4. The maximum atomic E-state index is 14.7. The van der Waals surface area contributed by atoms with E-state index in [4.69, 9.17) is 10.5 Å². The molecule has 0 radical (unpaired) electrons. The van der Waals surface area contributed by atoms with Crippen molar-refractivity contribution in [1.29, 1.82) is 0 Å². The maximum Gasteiger partial charge on any atom is 0.333 e. The van der Waals surface area contributed by atoms with Crippen molar-refractivity contribution in [2.75, 3.05) is 30.4 Å². The molecule has 4 heterocycles. The highest BCUT2D eigenvalue weighted by molar-refractivity contribution is 5.85. The predicted octanol–water partition coefficient (Wildman–Crippen LogP) is 5.73. The molecule has 0 saturated carbocycles. The van der Waals surface area contributed by atoms with E-state index in [0.717, 1.165) is 6.07 Å². The van der Waals surface area contributed by atoms with E-state index in [-0.39, 0.29) is 54.0 Å². The molecule has 1 aliphatic heterocycles. The number of nitrogens with one attached hydrogen (secondary N) is 1. The number of piperidine rings is 1. The van der Waals surface area contributed by atoms with Crippen LogP contribution in [0.4, 0.5) is 39.3 Å². The number of halogens is 6. The van der Waals surface area contributed by atoms with Gasteiger partial charge in [0.15, 0.2) is 0 Å². The van der Waals surface area contributed by atoms with Crippen molar-refractivity contribution in [2.24, 2.45) is 5.73 Å². The second-order valence-electron chi connectivity index (χ2n) is 8.96. The van der Waals surface area contributed by atoms with Crippen LogP contribution in [0.1, 0.15) is 13.0 Å². The molecule has 14 heteroatoms. The molecular formula is C26H25ClF5N7O. The number of pyridine rings is 2. The van der Waals surface area contributed by atoms with Gasteiger partial charge in [-0.15, -0.1) is 12.4 Å². The molecular weight excluding hydrogens is 557 g/mol. The van der Waals surface area contributed by atoms with Gasteiger partial charge >= 0.3 is 6.55 Å². The molecule has 4 aromatic rings. The van der Waals surface area contributed by atoms with Crippen LogP contribution < -0.4 is 20.7 Å².